The Morgan fingerprint density at radius 1 is 0.875 bits per heavy atom. The number of benzene rings is 1. The van der Waals surface area contributed by atoms with Crippen molar-refractivity contribution in [3.63, 3.8) is 0 Å². The van der Waals surface area contributed by atoms with Crippen LogP contribution in [0.5, 0.6) is 0 Å². The summed E-state index contributed by atoms with van der Waals surface area (Å²) in [7, 11) is 3.37. The van der Waals surface area contributed by atoms with Gasteiger partial charge in [-0.2, -0.15) is 0 Å². The van der Waals surface area contributed by atoms with Gasteiger partial charge in [-0.25, -0.2) is 0 Å². The van der Waals surface area contributed by atoms with Gasteiger partial charge in [0.05, 0.1) is 0 Å². The highest BCUT2D eigenvalue weighted by atomic mass is 16.1. The van der Waals surface area contributed by atoms with Crippen LogP contribution in [0.25, 0.3) is 12.2 Å². The molecule has 3 rings (SSSR count). The Morgan fingerprint density at radius 3 is 2.12 bits per heavy atom. The average molecular weight is 324 g/mol. The van der Waals surface area contributed by atoms with E-state index in [1.807, 2.05) is 36.4 Å². The molecule has 4 nitrogen and oxygen atoms in total. The van der Waals surface area contributed by atoms with Crippen LogP contribution in [0.4, 0.5) is 0 Å². The third-order valence-electron chi connectivity index (χ3n) is 4.92. The van der Waals surface area contributed by atoms with Gasteiger partial charge >= 0.3 is 0 Å². The molecule has 0 amide bonds. The Kier molecular flexibility index (Phi) is 4.84. The van der Waals surface area contributed by atoms with E-state index in [1.54, 1.807) is 20.2 Å². The average Bonchev–Trinajstić information content (AvgIpc) is 2.62. The maximum absolute atomic E-state index is 12.8. The summed E-state index contributed by atoms with van der Waals surface area (Å²) >= 11 is 0. The van der Waals surface area contributed by atoms with Crippen molar-refractivity contribution in [2.45, 2.75) is 32.1 Å². The van der Waals surface area contributed by atoms with Gasteiger partial charge in [0.15, 0.2) is 0 Å². The topological polar surface area (TPSA) is 44.0 Å². The first-order valence-corrected chi connectivity index (χ1v) is 8.62. The fourth-order valence-corrected chi connectivity index (χ4v) is 3.42. The van der Waals surface area contributed by atoms with E-state index in [0.717, 1.165) is 18.4 Å². The van der Waals surface area contributed by atoms with Crippen LogP contribution >= 0.6 is 0 Å². The molecule has 2 aromatic rings. The molecular weight excluding hydrogens is 300 g/mol. The number of aromatic nitrogens is 2. The molecule has 0 radical (unpaired) electrons. The molecule has 1 saturated carbocycles. The lowest BCUT2D eigenvalue weighted by molar-refractivity contribution is 0.434. The highest BCUT2D eigenvalue weighted by molar-refractivity contribution is 5.47. The molecule has 0 spiro atoms. The van der Waals surface area contributed by atoms with Crippen molar-refractivity contribution in [3.8, 4) is 0 Å². The second kappa shape index (κ2) is 7.04. The molecule has 0 bridgehead atoms. The molecule has 0 aliphatic heterocycles. The zero-order chi connectivity index (χ0) is 17.1. The van der Waals surface area contributed by atoms with Gasteiger partial charge in [-0.1, -0.05) is 55.7 Å². The van der Waals surface area contributed by atoms with E-state index in [2.05, 4.69) is 0 Å². The van der Waals surface area contributed by atoms with Crippen LogP contribution in [0.3, 0.4) is 0 Å². The predicted molar refractivity (Wildman–Crippen MR) is 97.2 cm³/mol. The van der Waals surface area contributed by atoms with Crippen molar-refractivity contribution >= 4 is 12.2 Å². The normalized spacial score (nSPS) is 17.4. The lowest BCUT2D eigenvalue weighted by atomic mass is 9.89. The number of hydrogen-bond donors (Lipinski definition) is 0. The van der Waals surface area contributed by atoms with Gasteiger partial charge in [-0.15, -0.1) is 0 Å². The third kappa shape index (κ3) is 3.28. The van der Waals surface area contributed by atoms with Crippen molar-refractivity contribution in [1.29, 1.82) is 0 Å². The van der Waals surface area contributed by atoms with E-state index in [-0.39, 0.29) is 11.1 Å². The molecule has 126 valence electrons. The van der Waals surface area contributed by atoms with Gasteiger partial charge in [0.2, 0.25) is 0 Å². The van der Waals surface area contributed by atoms with Crippen molar-refractivity contribution in [2.75, 3.05) is 0 Å². The smallest absolute Gasteiger partial charge is 0.274 e. The maximum Gasteiger partial charge on any atom is 0.274 e. The van der Waals surface area contributed by atoms with Gasteiger partial charge in [0.1, 0.15) is 10.7 Å². The van der Waals surface area contributed by atoms with Crippen LogP contribution in [0, 0.1) is 5.92 Å². The Hall–Kier alpha value is -2.36. The molecule has 0 N–H and O–H groups in total. The summed E-state index contributed by atoms with van der Waals surface area (Å²) in [4.78, 5) is 25.5. The quantitative estimate of drug-likeness (QED) is 0.835. The van der Waals surface area contributed by atoms with Crippen LogP contribution in [-0.4, -0.2) is 9.13 Å². The summed E-state index contributed by atoms with van der Waals surface area (Å²) in [6.07, 6.45) is 9.67. The highest BCUT2D eigenvalue weighted by Crippen LogP contribution is 2.24. The van der Waals surface area contributed by atoms with E-state index in [1.165, 1.54) is 28.4 Å². The summed E-state index contributed by atoms with van der Waals surface area (Å²) in [5.74, 6) is 0.404. The first-order valence-electron chi connectivity index (χ1n) is 8.62. The first kappa shape index (κ1) is 16.5. The lowest BCUT2D eigenvalue weighted by Crippen LogP contribution is -2.56. The Bertz CT molecular complexity index is 946. The van der Waals surface area contributed by atoms with Crippen molar-refractivity contribution in [2.24, 2.45) is 20.0 Å². The van der Waals surface area contributed by atoms with E-state index in [4.69, 9.17) is 0 Å². The Balaban J connectivity index is 2.20. The molecule has 1 heterocycles. The van der Waals surface area contributed by atoms with Crippen molar-refractivity contribution < 1.29 is 0 Å². The van der Waals surface area contributed by atoms with Gasteiger partial charge < -0.3 is 9.13 Å². The summed E-state index contributed by atoms with van der Waals surface area (Å²) in [5, 5.41) is 0.925. The van der Waals surface area contributed by atoms with Crippen LogP contribution in [0.1, 0.15) is 37.7 Å². The highest BCUT2D eigenvalue weighted by Gasteiger charge is 2.13. The first-order chi connectivity index (χ1) is 11.6. The number of nitrogens with zero attached hydrogens (tertiary/aromatic N) is 2. The van der Waals surface area contributed by atoms with Gasteiger partial charge in [0.25, 0.3) is 11.1 Å². The van der Waals surface area contributed by atoms with Crippen LogP contribution < -0.4 is 21.8 Å². The second-order valence-electron chi connectivity index (χ2n) is 6.62. The second-order valence-corrected chi connectivity index (χ2v) is 6.62. The van der Waals surface area contributed by atoms with Gasteiger partial charge in [-0.05, 0) is 30.4 Å². The summed E-state index contributed by atoms with van der Waals surface area (Å²) in [6, 6.07) is 9.61. The molecule has 0 atom stereocenters. The largest absolute Gasteiger partial charge is 0.306 e. The molecule has 1 aromatic carbocycles. The zero-order valence-corrected chi connectivity index (χ0v) is 14.4. The zero-order valence-electron chi connectivity index (χ0n) is 14.4. The van der Waals surface area contributed by atoms with Gasteiger partial charge in [-0.3, -0.25) is 9.59 Å². The van der Waals surface area contributed by atoms with Crippen molar-refractivity contribution in [1.82, 2.24) is 9.13 Å². The fourth-order valence-electron chi connectivity index (χ4n) is 3.42. The standard InChI is InChI=1S/C20H24N2O2/c1-21-17(13-15-9-5-3-6-10-15)20(24)22(2)18(19(21)23)14-16-11-7-4-8-12-16/h3,5-6,9-10,13-14,16H,4,7-8,11-12H2,1-2H3. The van der Waals surface area contributed by atoms with E-state index in [9.17, 15) is 9.59 Å². The molecule has 0 saturated heterocycles. The molecule has 1 aliphatic carbocycles. The Labute approximate surface area is 141 Å². The monoisotopic (exact) mass is 324 g/mol. The van der Waals surface area contributed by atoms with E-state index < -0.39 is 0 Å². The van der Waals surface area contributed by atoms with E-state index >= 15 is 0 Å². The Morgan fingerprint density at radius 2 is 1.46 bits per heavy atom. The minimum Gasteiger partial charge on any atom is -0.306 e. The molecular formula is C20H24N2O2. The van der Waals surface area contributed by atoms with Crippen molar-refractivity contribution in [3.05, 3.63) is 67.3 Å². The molecule has 0 unspecified atom stereocenters. The predicted octanol–water partition coefficient (Wildman–Crippen LogP) is 1.27. The molecule has 24 heavy (non-hydrogen) atoms. The van der Waals surface area contributed by atoms with Crippen LogP contribution in [-0.2, 0) is 14.1 Å². The summed E-state index contributed by atoms with van der Waals surface area (Å²) < 4.78 is 2.98. The molecule has 4 heteroatoms. The van der Waals surface area contributed by atoms with E-state index in [0.29, 0.717) is 16.6 Å². The van der Waals surface area contributed by atoms with Gasteiger partial charge in [0, 0.05) is 14.1 Å². The molecule has 1 fully saturated rings. The minimum absolute atomic E-state index is 0.107. The molecule has 1 aliphatic rings. The lowest BCUT2D eigenvalue weighted by Gasteiger charge is -2.18. The number of hydrogen-bond acceptors (Lipinski definition) is 2. The third-order valence-corrected chi connectivity index (χ3v) is 4.92. The molecule has 1 aromatic heterocycles. The van der Waals surface area contributed by atoms with Crippen LogP contribution in [0.2, 0.25) is 0 Å². The fraction of sp³-hybridized carbons (Fsp3) is 0.400. The summed E-state index contributed by atoms with van der Waals surface area (Å²) in [6.45, 7) is 0. The number of rotatable bonds is 2. The maximum atomic E-state index is 12.8. The van der Waals surface area contributed by atoms with Crippen LogP contribution in [0.15, 0.2) is 39.9 Å². The summed E-state index contributed by atoms with van der Waals surface area (Å²) in [5.41, 5.74) is 0.668. The SMILES string of the molecule is Cn1c(=O)c(=CC2CCCCC2)n(C)c(=O)c1=Cc1ccccc1. The minimum atomic E-state index is -0.136.